The number of nitro groups is 1. The van der Waals surface area contributed by atoms with Gasteiger partial charge in [0.1, 0.15) is 5.82 Å². The molecule has 0 bridgehead atoms. The first-order chi connectivity index (χ1) is 12.9. The molecule has 0 saturated heterocycles. The number of nitrogens with zero attached hydrogens (tertiary/aromatic N) is 3. The summed E-state index contributed by atoms with van der Waals surface area (Å²) in [7, 11) is 1.62. The Labute approximate surface area is 161 Å². The van der Waals surface area contributed by atoms with E-state index in [2.05, 4.69) is 0 Å². The normalized spacial score (nSPS) is 13.6. The summed E-state index contributed by atoms with van der Waals surface area (Å²) in [5.41, 5.74) is 0.913. The molecule has 1 aliphatic rings. The zero-order valence-corrected chi connectivity index (χ0v) is 15.5. The number of non-ortho nitro benzene ring substituents is 1. The van der Waals surface area contributed by atoms with Crippen LogP contribution in [0.15, 0.2) is 42.5 Å². The zero-order chi connectivity index (χ0) is 19.6. The van der Waals surface area contributed by atoms with Gasteiger partial charge in [-0.05, 0) is 37.1 Å². The molecule has 2 aromatic carbocycles. The lowest BCUT2D eigenvalue weighted by molar-refractivity contribution is -0.384. The second-order valence-electron chi connectivity index (χ2n) is 6.56. The molecule has 27 heavy (non-hydrogen) atoms. The average molecular weight is 392 g/mol. The van der Waals surface area contributed by atoms with Gasteiger partial charge in [0.2, 0.25) is 5.91 Å². The summed E-state index contributed by atoms with van der Waals surface area (Å²) in [6.45, 7) is 0.374. The Morgan fingerprint density at radius 1 is 1.26 bits per heavy atom. The van der Waals surface area contributed by atoms with Crippen LogP contribution in [0.3, 0.4) is 0 Å². The summed E-state index contributed by atoms with van der Waals surface area (Å²) < 4.78 is 14.1. The monoisotopic (exact) mass is 391 g/mol. The molecule has 0 radical (unpaired) electrons. The molecule has 0 unspecified atom stereocenters. The maximum absolute atomic E-state index is 14.1. The Hall–Kier alpha value is -2.51. The van der Waals surface area contributed by atoms with Crippen molar-refractivity contribution < 1.29 is 14.1 Å². The molecule has 0 atom stereocenters. The molecule has 1 fully saturated rings. The zero-order valence-electron chi connectivity index (χ0n) is 14.8. The van der Waals surface area contributed by atoms with Crippen LogP contribution in [0.4, 0.5) is 15.8 Å². The van der Waals surface area contributed by atoms with Crippen molar-refractivity contribution in [2.75, 3.05) is 18.5 Å². The number of rotatable bonds is 7. The van der Waals surface area contributed by atoms with Gasteiger partial charge in [-0.25, -0.2) is 4.39 Å². The lowest BCUT2D eigenvalue weighted by Gasteiger charge is -2.25. The van der Waals surface area contributed by atoms with Gasteiger partial charge in [-0.2, -0.15) is 0 Å². The third kappa shape index (κ3) is 4.61. The molecule has 1 amide bonds. The standard InChI is InChI=1S/C19H19ClFN3O3/c1-22(13-5-9-15(10-6-13)24(26)27)19(25)12-23(14-7-8-14)11-16-17(20)3-2-4-18(16)21/h2-6,9-10,14H,7-8,11-12H2,1H3. The topological polar surface area (TPSA) is 66.7 Å². The van der Waals surface area contributed by atoms with E-state index in [4.69, 9.17) is 11.6 Å². The van der Waals surface area contributed by atoms with Gasteiger partial charge in [-0.1, -0.05) is 17.7 Å². The maximum atomic E-state index is 14.1. The first-order valence-corrected chi connectivity index (χ1v) is 8.92. The molecule has 0 aliphatic heterocycles. The van der Waals surface area contributed by atoms with Crippen LogP contribution in [0.2, 0.25) is 5.02 Å². The summed E-state index contributed by atoms with van der Waals surface area (Å²) in [6, 6.07) is 10.6. The number of amides is 1. The highest BCUT2D eigenvalue weighted by atomic mass is 35.5. The van der Waals surface area contributed by atoms with Crippen LogP contribution in [-0.2, 0) is 11.3 Å². The van der Waals surface area contributed by atoms with Crippen molar-refractivity contribution in [1.82, 2.24) is 4.90 Å². The average Bonchev–Trinajstić information content (AvgIpc) is 3.48. The SMILES string of the molecule is CN(C(=O)CN(Cc1c(F)cccc1Cl)C1CC1)c1ccc([N+](=O)[O-])cc1. The Bertz CT molecular complexity index is 836. The molecule has 0 N–H and O–H groups in total. The number of likely N-dealkylation sites (N-methyl/N-ethyl adjacent to an activating group) is 1. The molecule has 0 heterocycles. The largest absolute Gasteiger partial charge is 0.314 e. The molecule has 142 valence electrons. The fourth-order valence-corrected chi connectivity index (χ4v) is 3.08. The fourth-order valence-electron chi connectivity index (χ4n) is 2.86. The molecule has 3 rings (SSSR count). The number of benzene rings is 2. The van der Waals surface area contributed by atoms with Crippen molar-refractivity contribution in [3.63, 3.8) is 0 Å². The first-order valence-electron chi connectivity index (χ1n) is 8.54. The number of carbonyl (C=O) groups excluding carboxylic acids is 1. The molecular weight excluding hydrogens is 373 g/mol. The Morgan fingerprint density at radius 2 is 1.93 bits per heavy atom. The van der Waals surface area contributed by atoms with Gasteiger partial charge in [0, 0.05) is 48.0 Å². The van der Waals surface area contributed by atoms with Crippen molar-refractivity contribution in [2.45, 2.75) is 25.4 Å². The maximum Gasteiger partial charge on any atom is 0.269 e. The predicted molar refractivity (Wildman–Crippen MR) is 101 cm³/mol. The molecule has 2 aromatic rings. The summed E-state index contributed by atoms with van der Waals surface area (Å²) in [6.07, 6.45) is 1.92. The Kier molecular flexibility index (Phi) is 5.72. The number of halogens is 2. The van der Waals surface area contributed by atoms with Crippen molar-refractivity contribution in [3.05, 3.63) is 69.0 Å². The quantitative estimate of drug-likeness (QED) is 0.528. The summed E-state index contributed by atoms with van der Waals surface area (Å²) in [4.78, 5) is 26.3. The summed E-state index contributed by atoms with van der Waals surface area (Å²) in [5.74, 6) is -0.562. The predicted octanol–water partition coefficient (Wildman–Crippen LogP) is 4.01. The van der Waals surface area contributed by atoms with Crippen LogP contribution in [0.1, 0.15) is 18.4 Å². The van der Waals surface area contributed by atoms with Crippen LogP contribution in [0, 0.1) is 15.9 Å². The van der Waals surface area contributed by atoms with E-state index in [1.807, 2.05) is 4.90 Å². The fraction of sp³-hybridized carbons (Fsp3) is 0.316. The number of anilines is 1. The van der Waals surface area contributed by atoms with E-state index in [9.17, 15) is 19.3 Å². The number of hydrogen-bond donors (Lipinski definition) is 0. The van der Waals surface area contributed by atoms with Gasteiger partial charge >= 0.3 is 0 Å². The molecule has 8 heteroatoms. The van der Waals surface area contributed by atoms with Crippen LogP contribution < -0.4 is 4.90 Å². The van der Waals surface area contributed by atoms with E-state index in [-0.39, 0.29) is 36.5 Å². The van der Waals surface area contributed by atoms with Gasteiger partial charge < -0.3 is 4.90 Å². The lowest BCUT2D eigenvalue weighted by Crippen LogP contribution is -2.39. The van der Waals surface area contributed by atoms with Gasteiger partial charge in [-0.15, -0.1) is 0 Å². The highest BCUT2D eigenvalue weighted by molar-refractivity contribution is 6.31. The lowest BCUT2D eigenvalue weighted by atomic mass is 10.2. The van der Waals surface area contributed by atoms with E-state index in [0.29, 0.717) is 16.3 Å². The summed E-state index contributed by atoms with van der Waals surface area (Å²) in [5, 5.41) is 11.1. The minimum atomic E-state index is -0.488. The first kappa shape index (κ1) is 19.3. The minimum Gasteiger partial charge on any atom is -0.314 e. The molecule has 0 spiro atoms. The van der Waals surface area contributed by atoms with E-state index in [1.54, 1.807) is 19.2 Å². The highest BCUT2D eigenvalue weighted by Crippen LogP contribution is 2.31. The molecular formula is C19H19ClFN3O3. The van der Waals surface area contributed by atoms with Crippen molar-refractivity contribution in [3.8, 4) is 0 Å². The van der Waals surface area contributed by atoms with E-state index in [0.717, 1.165) is 12.8 Å². The van der Waals surface area contributed by atoms with Gasteiger partial charge in [0.15, 0.2) is 0 Å². The number of carbonyl (C=O) groups is 1. The third-order valence-corrected chi connectivity index (χ3v) is 5.00. The second kappa shape index (κ2) is 8.02. The smallest absolute Gasteiger partial charge is 0.269 e. The van der Waals surface area contributed by atoms with Gasteiger partial charge in [0.05, 0.1) is 11.5 Å². The number of nitro benzene ring substituents is 1. The van der Waals surface area contributed by atoms with Gasteiger partial charge in [-0.3, -0.25) is 19.8 Å². The second-order valence-corrected chi connectivity index (χ2v) is 6.97. The minimum absolute atomic E-state index is 0.0339. The van der Waals surface area contributed by atoms with E-state index in [1.165, 1.54) is 35.2 Å². The number of hydrogen-bond acceptors (Lipinski definition) is 4. The van der Waals surface area contributed by atoms with Crippen molar-refractivity contribution in [1.29, 1.82) is 0 Å². The van der Waals surface area contributed by atoms with Crippen LogP contribution in [0.25, 0.3) is 0 Å². The Balaban J connectivity index is 1.71. The summed E-state index contributed by atoms with van der Waals surface area (Å²) >= 11 is 6.12. The Morgan fingerprint density at radius 3 is 2.48 bits per heavy atom. The van der Waals surface area contributed by atoms with Gasteiger partial charge in [0.25, 0.3) is 5.69 Å². The van der Waals surface area contributed by atoms with Crippen LogP contribution in [-0.4, -0.2) is 35.4 Å². The van der Waals surface area contributed by atoms with Crippen LogP contribution >= 0.6 is 11.6 Å². The highest BCUT2D eigenvalue weighted by Gasteiger charge is 2.32. The molecule has 1 saturated carbocycles. The molecule has 1 aliphatic carbocycles. The van der Waals surface area contributed by atoms with E-state index >= 15 is 0 Å². The van der Waals surface area contributed by atoms with Crippen molar-refractivity contribution in [2.24, 2.45) is 0 Å². The van der Waals surface area contributed by atoms with E-state index < -0.39 is 4.92 Å². The third-order valence-electron chi connectivity index (χ3n) is 4.65. The van der Waals surface area contributed by atoms with Crippen molar-refractivity contribution >= 4 is 28.9 Å². The molecule has 0 aromatic heterocycles. The molecule has 6 nitrogen and oxygen atoms in total. The van der Waals surface area contributed by atoms with Crippen LogP contribution in [0.5, 0.6) is 0 Å².